The van der Waals surface area contributed by atoms with E-state index in [-0.39, 0.29) is 58.1 Å². The first-order chi connectivity index (χ1) is 39.6. The number of aromatic nitrogens is 7. The van der Waals surface area contributed by atoms with E-state index < -0.39 is 23.1 Å². The standard InChI is InChI=1S/C23H21F3N4O.C19H18N6O.C18H24N6O.4H2/c24-23(25,26)19-9-8-16(13-18(19)21(31)17-7-4-10-29-22(17)27)30-12-11-28-20(14-30)15-5-2-1-3-6-15;20-11-12-3-4-16-15(10-12)17(18(26)14-2-1-7-23-19(14)21)24-25(16)13-5-8-22-9-6-13;1-12(2)8-13-11-24(7-6-21-13)16-10-20-9-15(23-16)17(25)14-4-3-5-22-18(14)19;;;;/h1-10,13,20,28H,11-12,14H2,(H2,27,29);1-4,7,10,13,22H,5-6,8-9H2,(H2,21,23);3-5,9-10,12-13,21H,6-8,11H2,1-2H3,(H2,19,22);4*1H/t;;13-;;;;/m..0..../s1. The molecule has 9 N–H and O–H groups in total. The summed E-state index contributed by atoms with van der Waals surface area (Å²) in [4.78, 5) is 63.5. The van der Waals surface area contributed by atoms with Crippen molar-refractivity contribution in [2.24, 2.45) is 5.92 Å². The summed E-state index contributed by atoms with van der Waals surface area (Å²) in [5.74, 6) is 0.315. The van der Waals surface area contributed by atoms with Gasteiger partial charge in [-0.25, -0.2) is 19.9 Å². The molecule has 82 heavy (non-hydrogen) atoms. The number of nitriles is 1. The van der Waals surface area contributed by atoms with Crippen LogP contribution in [0.1, 0.15) is 116 Å². The number of alkyl halides is 3. The van der Waals surface area contributed by atoms with Gasteiger partial charge in [0.1, 0.15) is 34.7 Å². The van der Waals surface area contributed by atoms with Gasteiger partial charge in [-0.05, 0) is 117 Å². The Labute approximate surface area is 478 Å². The smallest absolute Gasteiger partial charge is 0.383 e. The van der Waals surface area contributed by atoms with Crippen molar-refractivity contribution in [3.05, 3.63) is 184 Å². The van der Waals surface area contributed by atoms with E-state index in [2.05, 4.69) is 70.8 Å². The number of nitrogens with one attached hydrogen (secondary N) is 3. The third-order valence-electron chi connectivity index (χ3n) is 14.4. The van der Waals surface area contributed by atoms with Crippen LogP contribution in [0.15, 0.2) is 134 Å². The van der Waals surface area contributed by atoms with E-state index in [4.69, 9.17) is 17.2 Å². The van der Waals surface area contributed by atoms with Gasteiger partial charge in [0.05, 0.1) is 57.8 Å². The maximum absolute atomic E-state index is 13.7. The number of nitrogens with zero attached hydrogens (tertiary/aromatic N) is 10. The summed E-state index contributed by atoms with van der Waals surface area (Å²) in [6, 6.07) is 31.2. The van der Waals surface area contributed by atoms with Crippen molar-refractivity contribution in [1.82, 2.24) is 50.7 Å². The molecule has 0 saturated carbocycles. The minimum Gasteiger partial charge on any atom is -0.383 e. The van der Waals surface area contributed by atoms with E-state index in [9.17, 15) is 32.8 Å². The zero-order chi connectivity index (χ0) is 57.9. The average Bonchev–Trinajstić information content (AvgIpc) is 2.05. The number of ketones is 3. The molecule has 3 aliphatic rings. The van der Waals surface area contributed by atoms with Crippen LogP contribution < -0.4 is 43.0 Å². The second kappa shape index (κ2) is 26.0. The number of fused-ring (bicyclic) bond motifs is 1. The Morgan fingerprint density at radius 1 is 0.720 bits per heavy atom. The predicted octanol–water partition coefficient (Wildman–Crippen LogP) is 8.60. The Kier molecular flexibility index (Phi) is 18.2. The van der Waals surface area contributed by atoms with E-state index in [1.165, 1.54) is 36.7 Å². The van der Waals surface area contributed by atoms with Gasteiger partial charge >= 0.3 is 6.18 Å². The molecule has 3 aromatic carbocycles. The van der Waals surface area contributed by atoms with Crippen LogP contribution in [0, 0.1) is 17.2 Å². The van der Waals surface area contributed by atoms with E-state index in [1.54, 1.807) is 55.0 Å². The summed E-state index contributed by atoms with van der Waals surface area (Å²) < 4.78 is 42.9. The molecule has 8 heterocycles. The van der Waals surface area contributed by atoms with Gasteiger partial charge in [0, 0.05) is 92.3 Å². The fraction of sp³-hybridized carbons (Fsp3) is 0.300. The molecule has 3 fully saturated rings. The minimum atomic E-state index is -4.67. The topological polar surface area (TPSA) is 278 Å². The highest BCUT2D eigenvalue weighted by atomic mass is 19.4. The Hall–Kier alpha value is -9.17. The number of halogens is 3. The van der Waals surface area contributed by atoms with E-state index in [0.29, 0.717) is 65.1 Å². The van der Waals surface area contributed by atoms with Crippen LogP contribution in [0.25, 0.3) is 10.9 Å². The fourth-order valence-electron chi connectivity index (χ4n) is 10.4. The number of carbonyl (C=O) groups is 3. The van der Waals surface area contributed by atoms with Crippen molar-refractivity contribution in [3.8, 4) is 6.07 Å². The molecule has 19 nitrogen and oxygen atoms in total. The summed E-state index contributed by atoms with van der Waals surface area (Å²) in [6.45, 7) is 10.7. The number of pyridine rings is 3. The van der Waals surface area contributed by atoms with Crippen LogP contribution in [-0.2, 0) is 6.18 Å². The molecule has 0 spiro atoms. The molecule has 430 valence electrons. The fourth-order valence-corrected chi connectivity index (χ4v) is 10.4. The summed E-state index contributed by atoms with van der Waals surface area (Å²) in [7, 11) is 0. The lowest BCUT2D eigenvalue weighted by Gasteiger charge is -2.36. The normalized spacial score (nSPS) is 16.5. The SMILES string of the molecule is CC(C)C[C@H]1CN(c2cncc(C(=O)c3cccnc3N)n2)CCN1.N#Cc1ccc2c(c1)c(C(=O)c1cccnc1N)nn2C1CCNCC1.Nc1ncccc1C(=O)c1cc(N2CCNC(c3ccccc3)C2)ccc1C(F)(F)F.[HH].[HH].[HH].[HH]. The second-order valence-electron chi connectivity index (χ2n) is 20.5. The lowest BCUT2D eigenvalue weighted by atomic mass is 9.96. The van der Waals surface area contributed by atoms with Crippen LogP contribution >= 0.6 is 0 Å². The third kappa shape index (κ3) is 13.5. The number of hydrogen-bond acceptors (Lipinski definition) is 18. The number of anilines is 5. The number of benzene rings is 3. The van der Waals surface area contributed by atoms with E-state index >= 15 is 0 Å². The monoisotopic (exact) mass is 1120 g/mol. The van der Waals surface area contributed by atoms with E-state index in [0.717, 1.165) is 75.0 Å². The molecular weight excluding hydrogens is 1050 g/mol. The van der Waals surface area contributed by atoms with Crippen molar-refractivity contribution in [2.45, 2.75) is 57.4 Å². The zero-order valence-corrected chi connectivity index (χ0v) is 45.4. The van der Waals surface area contributed by atoms with Gasteiger partial charge in [-0.15, -0.1) is 0 Å². The summed E-state index contributed by atoms with van der Waals surface area (Å²) in [5, 5.41) is 24.9. The van der Waals surface area contributed by atoms with Gasteiger partial charge in [-0.2, -0.15) is 23.5 Å². The largest absolute Gasteiger partial charge is 0.417 e. The molecular formula is C60H71F3N16O3. The first-order valence-electron chi connectivity index (χ1n) is 27.0. The predicted molar refractivity (Wildman–Crippen MR) is 317 cm³/mol. The Bertz CT molecular complexity index is 3630. The molecule has 0 radical (unpaired) electrons. The average molecular weight is 1120 g/mol. The lowest BCUT2D eigenvalue weighted by molar-refractivity contribution is -0.137. The number of piperazine rings is 2. The van der Waals surface area contributed by atoms with Crippen LogP contribution in [0.4, 0.5) is 42.1 Å². The van der Waals surface area contributed by atoms with Gasteiger partial charge in [0.25, 0.3) is 0 Å². The quantitative estimate of drug-likeness (QED) is 0.0625. The highest BCUT2D eigenvalue weighted by Crippen LogP contribution is 2.37. The minimum absolute atomic E-state index is 0. The highest BCUT2D eigenvalue weighted by molar-refractivity contribution is 6.17. The van der Waals surface area contributed by atoms with Crippen molar-refractivity contribution in [3.63, 3.8) is 0 Å². The van der Waals surface area contributed by atoms with Gasteiger partial charge < -0.3 is 43.0 Å². The Morgan fingerprint density at radius 3 is 1.99 bits per heavy atom. The molecule has 3 saturated heterocycles. The molecule has 22 heteroatoms. The molecule has 11 rings (SSSR count). The molecule has 2 atom stereocenters. The van der Waals surface area contributed by atoms with Gasteiger partial charge in [-0.1, -0.05) is 44.2 Å². The first-order valence-corrected chi connectivity index (χ1v) is 27.0. The summed E-state index contributed by atoms with van der Waals surface area (Å²) >= 11 is 0. The number of piperidine rings is 1. The van der Waals surface area contributed by atoms with Crippen LogP contribution in [0.2, 0.25) is 0 Å². The number of rotatable bonds is 12. The van der Waals surface area contributed by atoms with Crippen molar-refractivity contribution < 1.29 is 33.3 Å². The van der Waals surface area contributed by atoms with Crippen LogP contribution in [-0.4, -0.2) is 110 Å². The van der Waals surface area contributed by atoms with Gasteiger partial charge in [-0.3, -0.25) is 24.0 Å². The molecule has 0 aliphatic carbocycles. The second-order valence-corrected chi connectivity index (χ2v) is 20.5. The molecule has 5 aromatic heterocycles. The van der Waals surface area contributed by atoms with E-state index in [1.807, 2.05) is 46.0 Å². The lowest BCUT2D eigenvalue weighted by Crippen LogP contribution is -2.51. The molecule has 3 aliphatic heterocycles. The van der Waals surface area contributed by atoms with Gasteiger partial charge in [0.15, 0.2) is 5.78 Å². The molecule has 1 unspecified atom stereocenters. The highest BCUT2D eigenvalue weighted by Gasteiger charge is 2.37. The Balaban J connectivity index is 0.000000232. The van der Waals surface area contributed by atoms with Gasteiger partial charge in [0.2, 0.25) is 11.6 Å². The third-order valence-corrected chi connectivity index (χ3v) is 14.4. The zero-order valence-electron chi connectivity index (χ0n) is 45.4. The maximum atomic E-state index is 13.7. The molecule has 0 bridgehead atoms. The first kappa shape index (κ1) is 57.5. The van der Waals surface area contributed by atoms with Crippen LogP contribution in [0.5, 0.6) is 0 Å². The van der Waals surface area contributed by atoms with Crippen molar-refractivity contribution in [2.75, 3.05) is 79.4 Å². The number of nitrogen functional groups attached to an aromatic ring is 3. The number of hydrogen-bond donors (Lipinski definition) is 6. The van der Waals surface area contributed by atoms with Crippen molar-refractivity contribution in [1.29, 1.82) is 5.26 Å². The number of carbonyl (C=O) groups excluding carboxylic acids is 3. The molecule has 8 aromatic rings. The number of nitrogens with two attached hydrogens (primary N) is 3. The van der Waals surface area contributed by atoms with Crippen LogP contribution in [0.3, 0.4) is 0 Å². The Morgan fingerprint density at radius 2 is 1.35 bits per heavy atom. The summed E-state index contributed by atoms with van der Waals surface area (Å²) in [5.41, 5.74) is 20.3. The molecule has 0 amide bonds. The summed E-state index contributed by atoms with van der Waals surface area (Å²) in [6.07, 6.45) is 6.00. The van der Waals surface area contributed by atoms with Crippen molar-refractivity contribution >= 4 is 57.2 Å². The maximum Gasteiger partial charge on any atom is 0.417 e.